The van der Waals surface area contributed by atoms with Gasteiger partial charge in [-0.05, 0) is 188 Å². The highest BCUT2D eigenvalue weighted by molar-refractivity contribution is 7.99. The number of fused-ring (bicyclic) bond motifs is 1. The summed E-state index contributed by atoms with van der Waals surface area (Å²) in [5, 5.41) is 77.2. The number of benzene rings is 4. The molecule has 1 aliphatic rings. The maximum atomic E-state index is 14.8. The molecule has 0 saturated carbocycles. The maximum absolute atomic E-state index is 14.8. The quantitative estimate of drug-likeness (QED) is 0.0180. The molecule has 7 rings (SSSR count). The van der Waals surface area contributed by atoms with Crippen LogP contribution in [0.4, 0.5) is 15.3 Å². The zero-order chi connectivity index (χ0) is 103. The van der Waals surface area contributed by atoms with E-state index >= 15 is 0 Å². The molecule has 758 valence electrons. The Morgan fingerprint density at radius 3 is 1.72 bits per heavy atom. The van der Waals surface area contributed by atoms with E-state index in [1.54, 1.807) is 123 Å². The second-order valence-electron chi connectivity index (χ2n) is 33.9. The molecule has 29 N–H and O–H groups in total. The molecule has 6 aromatic rings. The maximum Gasteiger partial charge on any atom is 0.435 e. The molecule has 4 aromatic carbocycles. The van der Waals surface area contributed by atoms with Crippen LogP contribution in [0.1, 0.15) is 151 Å². The molecule has 47 heteroatoms. The number of urea groups is 1. The number of carbonyl (C=O) groups excluding carboxylic acids is 17. The van der Waals surface area contributed by atoms with Crippen molar-refractivity contribution in [2.24, 2.45) is 40.5 Å². The number of amides is 17. The molecule has 0 radical (unpaired) electrons. The van der Waals surface area contributed by atoms with Crippen LogP contribution in [-0.4, -0.2) is 268 Å². The van der Waals surface area contributed by atoms with Crippen molar-refractivity contribution in [1.82, 2.24) is 94.5 Å². The summed E-state index contributed by atoms with van der Waals surface area (Å²) in [7, 11) is 1.53. The van der Waals surface area contributed by atoms with Gasteiger partial charge in [-0.1, -0.05) is 100 Å². The first-order chi connectivity index (χ1) is 66.7. The summed E-state index contributed by atoms with van der Waals surface area (Å²) in [6, 6.07) is 12.3. The zero-order valence-electron chi connectivity index (χ0n) is 78.8. The minimum Gasteiger partial charge on any atom is -0.481 e. The fraction of sp³-hybridized carbons (Fsp3) is 0.462. The number of nitrogens with one attached hydrogen (secondary N) is 16. The fourth-order valence-corrected chi connectivity index (χ4v) is 15.5. The van der Waals surface area contributed by atoms with E-state index in [0.29, 0.717) is 48.8 Å². The molecule has 46 nitrogen and oxygen atoms in total. The van der Waals surface area contributed by atoms with E-state index in [1.807, 2.05) is 12.1 Å². The Kier molecular flexibility index (Phi) is 45.9. The van der Waals surface area contributed by atoms with Crippen molar-refractivity contribution >= 4 is 147 Å². The summed E-state index contributed by atoms with van der Waals surface area (Å²) in [4.78, 5) is 256. The third kappa shape index (κ3) is 36.2. The van der Waals surface area contributed by atoms with E-state index in [1.165, 1.54) is 44.8 Å². The van der Waals surface area contributed by atoms with Gasteiger partial charge in [0.15, 0.2) is 0 Å². The molecule has 1 unspecified atom stereocenters. The van der Waals surface area contributed by atoms with Crippen LogP contribution in [0.3, 0.4) is 0 Å². The van der Waals surface area contributed by atoms with E-state index in [2.05, 4.69) is 95.2 Å². The molecule has 2 aromatic heterocycles. The number of aromatic nitrogens is 3. The largest absolute Gasteiger partial charge is 0.481 e. The number of carbonyl (C=O) groups is 18. The Morgan fingerprint density at radius 2 is 1.14 bits per heavy atom. The summed E-state index contributed by atoms with van der Waals surface area (Å²) >= 11 is 1.31. The van der Waals surface area contributed by atoms with Crippen LogP contribution in [0.2, 0.25) is 0 Å². The van der Waals surface area contributed by atoms with E-state index < -0.39 is 236 Å². The first-order valence-electron chi connectivity index (χ1n) is 45.8. The number of primary amides is 1. The van der Waals surface area contributed by atoms with Crippen LogP contribution < -0.4 is 114 Å². The number of carboxylic acids is 1. The smallest absolute Gasteiger partial charge is 0.435 e. The number of hydrogen-bond donors (Lipinski definition) is 24. The number of aliphatic carboxylic acids is 1. The van der Waals surface area contributed by atoms with Gasteiger partial charge in [-0.15, -0.1) is 0 Å². The Balaban J connectivity index is 1.02. The van der Waals surface area contributed by atoms with Gasteiger partial charge in [-0.2, -0.15) is 9.78 Å². The van der Waals surface area contributed by atoms with Crippen molar-refractivity contribution in [3.05, 3.63) is 150 Å². The molecular weight excluding hydrogens is 1840 g/mol. The lowest BCUT2D eigenvalue weighted by Gasteiger charge is -2.28. The number of aliphatic hydroxyl groups excluding tert-OH is 2. The number of nitrogens with two attached hydrogens (primary N) is 5. The van der Waals surface area contributed by atoms with E-state index in [-0.39, 0.29) is 102 Å². The number of aliphatic hydroxyl groups is 2. The summed E-state index contributed by atoms with van der Waals surface area (Å²) in [6.07, 6.45) is -3.96. The second-order valence-corrected chi connectivity index (χ2v) is 35.0. The Hall–Kier alpha value is -14.4. The van der Waals surface area contributed by atoms with E-state index in [4.69, 9.17) is 33.4 Å². The first-order valence-corrected chi connectivity index (χ1v) is 46.6. The van der Waals surface area contributed by atoms with Crippen LogP contribution in [-0.2, 0) is 89.7 Å². The molecule has 17 amide bonds. The van der Waals surface area contributed by atoms with Crippen LogP contribution >= 0.6 is 11.8 Å². The molecule has 0 bridgehead atoms. The third-order valence-electron chi connectivity index (χ3n) is 22.0. The molecule has 0 aliphatic carbocycles. The highest BCUT2D eigenvalue weighted by atomic mass is 32.2. The van der Waals surface area contributed by atoms with Crippen molar-refractivity contribution in [1.29, 1.82) is 0 Å². The van der Waals surface area contributed by atoms with Crippen molar-refractivity contribution in [3.8, 4) is 0 Å². The monoisotopic (exact) mass is 1960 g/mol. The van der Waals surface area contributed by atoms with Crippen LogP contribution in [0.5, 0.6) is 0 Å². The molecule has 14 atom stereocenters. The average Bonchev–Trinajstić information content (AvgIpc) is 1.63. The summed E-state index contributed by atoms with van der Waals surface area (Å²) in [6.45, 7) is 6.95. The molecule has 1 saturated heterocycles. The minimum absolute atomic E-state index is 0.00975. The number of nitrogens with zero attached hydrogens (tertiary/aromatic N) is 3. The number of hydrogen-bond acceptors (Lipinski definition) is 28. The number of carboxylic acid groups (broad SMARTS) is 1. The fourth-order valence-electron chi connectivity index (χ4n) is 14.5. The van der Waals surface area contributed by atoms with Crippen molar-refractivity contribution in [3.63, 3.8) is 0 Å². The zero-order valence-corrected chi connectivity index (χ0v) is 79.6. The van der Waals surface area contributed by atoms with E-state index in [0.717, 1.165) is 18.5 Å². The third-order valence-corrected chi connectivity index (χ3v) is 23.0. The van der Waals surface area contributed by atoms with Gasteiger partial charge in [0.05, 0.1) is 34.7 Å². The van der Waals surface area contributed by atoms with Crippen LogP contribution in [0.25, 0.3) is 23.1 Å². The molecule has 0 spiro atoms. The Morgan fingerprint density at radius 1 is 0.564 bits per heavy atom. The molecule has 1 fully saturated rings. The lowest BCUT2D eigenvalue weighted by molar-refractivity contribution is -0.138. The van der Waals surface area contributed by atoms with Crippen molar-refractivity contribution in [2.45, 2.75) is 226 Å². The number of anilines is 1. The SMILES string of the molecule is CNC(=O)c1ccccc1Sc1ccc2c(/C=C/c3ccccn3)nn(C(=O)OCc3ccc(NC(=O)[C@H](CCCNC(N)=O)NC(=O)[C@@H](NC(=O)[C@H](CCC(=O)O)NC(=O)CCC(=O)N[C@H](C(=O)N[C@@H](CCN)C(=O)NC4CCNC(=O)[C@H]([C@@H](C)O)NC(=O)[C@H](CCN)NC(=O)[C@H](CCN)NC(=O)[C@H](CC(C)C)NC(=O)[C@@H](Cc5ccccc5)NC(=O)[C@H](CCN)NC4=O)[C@@H](C)O)C(C)C)cc3)c2c1. The number of pyridine rings is 1. The highest BCUT2D eigenvalue weighted by Crippen LogP contribution is 2.34. The molecule has 1 aliphatic heterocycles. The van der Waals surface area contributed by atoms with Gasteiger partial charge >= 0.3 is 18.1 Å². The van der Waals surface area contributed by atoms with E-state index in [9.17, 15) is 102 Å². The van der Waals surface area contributed by atoms with Gasteiger partial charge in [0.2, 0.25) is 82.7 Å². The average molecular weight is 1970 g/mol. The normalized spacial score (nSPS) is 18.5. The summed E-state index contributed by atoms with van der Waals surface area (Å²) in [5.74, 6) is -16.8. The van der Waals surface area contributed by atoms with Gasteiger partial charge < -0.3 is 134 Å². The molecule has 3 heterocycles. The lowest BCUT2D eigenvalue weighted by atomic mass is 10.00. The first kappa shape index (κ1) is 113. The van der Waals surface area contributed by atoms with Gasteiger partial charge in [0.1, 0.15) is 79.1 Å². The molecule has 140 heavy (non-hydrogen) atoms. The topological polar surface area (TPSA) is 730 Å². The predicted molar refractivity (Wildman–Crippen MR) is 514 cm³/mol. The lowest BCUT2D eigenvalue weighted by Crippen LogP contribution is -2.61. The van der Waals surface area contributed by atoms with Gasteiger partial charge in [0, 0.05) is 72.9 Å². The van der Waals surface area contributed by atoms with Gasteiger partial charge in [-0.3, -0.25) is 81.7 Å². The summed E-state index contributed by atoms with van der Waals surface area (Å²) < 4.78 is 6.91. The predicted octanol–water partition coefficient (Wildman–Crippen LogP) is -2.23. The van der Waals surface area contributed by atoms with Crippen LogP contribution in [0.15, 0.2) is 131 Å². The Bertz CT molecular complexity index is 5320. The van der Waals surface area contributed by atoms with Gasteiger partial charge in [-0.25, -0.2) is 9.59 Å². The number of ether oxygens (including phenoxy) is 1. The van der Waals surface area contributed by atoms with Crippen LogP contribution in [0, 0.1) is 11.8 Å². The summed E-state index contributed by atoms with van der Waals surface area (Å²) in [5.41, 5.74) is 32.2. The van der Waals surface area contributed by atoms with Gasteiger partial charge in [0.25, 0.3) is 5.91 Å². The van der Waals surface area contributed by atoms with Crippen molar-refractivity contribution in [2.75, 3.05) is 51.6 Å². The Labute approximate surface area is 811 Å². The highest BCUT2D eigenvalue weighted by Gasteiger charge is 2.40. The number of rotatable bonds is 44. The standard InChI is InChI=1S/C93H128N24O22S/c1-50(2)46-69-87(132)107-64(34-39-94)81(126)106-67(37-42-97)86(131)115-77(52(5)118)89(134)101-45-38-68(84(129)105-65(35-40-95)83(128)112-70(88(133)111-69)47-54-16-9-8-10-17-54)108-82(127)66(36-41-96)110-91(136)78(53(6)119)113-74(121)32-31-73(120)104-63(30-33-75(122)123)85(130)114-76(51(3)4)90(135)109-62(20-15-44-102-92(98)137)80(125)103-57-24-22-55(23-25-57)49-139-93(138)117-71-48-58(140-72-21-12-11-19-60(72)79(124)99-7)27-28-59(71)61(116-117)29-26-56-18-13-14-43-100-56/h8-14,16-19,21-29,43,48,50-53,62-70,76-78,118-119H,15,20,30-42,44-47,49,94-97H2,1-7H3,(H,99,124)(H,101,134)(H,103,125)(H,104,120)(H,105,129)(H,106,126)(H,107,132)(H,108,127)(H,109,135)(H,110,136)(H,111,133)(H,112,128)(H,113,121)(H,114,130)(H,115,131)(H,122,123)(H3,98,102,137)/b29-26+/t52-,53-,62+,63+,64+,65+,66+,67+,68?,69+,70-,76+,77+,78+/m1/s1. The second kappa shape index (κ2) is 57.1. The van der Waals surface area contributed by atoms with Crippen molar-refractivity contribution < 1.29 is 106 Å². The molecular formula is C93H128N24O22S. The minimum atomic E-state index is -1.92.